The third-order valence-electron chi connectivity index (χ3n) is 3.77. The second-order valence-corrected chi connectivity index (χ2v) is 5.30. The summed E-state index contributed by atoms with van der Waals surface area (Å²) in [5, 5.41) is 0. The van der Waals surface area contributed by atoms with Crippen LogP contribution in [0.25, 0.3) is 0 Å². The molecule has 1 saturated heterocycles. The number of anilines is 2. The minimum atomic E-state index is 0.630. The van der Waals surface area contributed by atoms with E-state index in [1.165, 1.54) is 38.5 Å². The van der Waals surface area contributed by atoms with Crippen LogP contribution in [0.2, 0.25) is 0 Å². The van der Waals surface area contributed by atoms with E-state index in [-0.39, 0.29) is 0 Å². The van der Waals surface area contributed by atoms with Crippen molar-refractivity contribution in [1.82, 2.24) is 9.97 Å². The third-order valence-corrected chi connectivity index (χ3v) is 3.77. The van der Waals surface area contributed by atoms with Crippen molar-refractivity contribution in [3.63, 3.8) is 0 Å². The zero-order valence-electron chi connectivity index (χ0n) is 10.7. The Morgan fingerprint density at radius 3 is 2.44 bits per heavy atom. The van der Waals surface area contributed by atoms with Gasteiger partial charge in [0.25, 0.3) is 0 Å². The largest absolute Gasteiger partial charge is 0.341 e. The smallest absolute Gasteiger partial charge is 0.227 e. The average Bonchev–Trinajstić information content (AvgIpc) is 3.24. The van der Waals surface area contributed by atoms with E-state index in [9.17, 15) is 0 Å². The van der Waals surface area contributed by atoms with Gasteiger partial charge < -0.3 is 10.3 Å². The molecule has 0 unspecified atom stereocenters. The van der Waals surface area contributed by atoms with E-state index in [4.69, 9.17) is 10.8 Å². The van der Waals surface area contributed by atoms with Gasteiger partial charge in [0.15, 0.2) is 0 Å². The number of hydrogen-bond donors (Lipinski definition) is 2. The molecule has 0 amide bonds. The molecular formula is C13H21N5. The van der Waals surface area contributed by atoms with E-state index >= 15 is 0 Å². The Hall–Kier alpha value is -1.36. The number of nitrogen functional groups attached to an aromatic ring is 1. The van der Waals surface area contributed by atoms with Gasteiger partial charge in [-0.1, -0.05) is 12.8 Å². The lowest BCUT2D eigenvalue weighted by molar-refractivity contribution is 0.726. The Labute approximate surface area is 108 Å². The molecule has 98 valence electrons. The molecule has 2 aliphatic rings. The van der Waals surface area contributed by atoms with E-state index in [1.54, 1.807) is 0 Å². The highest BCUT2D eigenvalue weighted by Gasteiger charge is 2.27. The lowest BCUT2D eigenvalue weighted by Gasteiger charge is -2.21. The van der Waals surface area contributed by atoms with Crippen molar-refractivity contribution in [1.29, 1.82) is 0 Å². The first-order chi connectivity index (χ1) is 8.86. The van der Waals surface area contributed by atoms with E-state index < -0.39 is 0 Å². The van der Waals surface area contributed by atoms with Crippen LogP contribution in [-0.4, -0.2) is 23.1 Å². The molecule has 1 saturated carbocycles. The number of hydrazine groups is 1. The van der Waals surface area contributed by atoms with Crippen LogP contribution in [0.1, 0.15) is 50.1 Å². The molecule has 0 radical (unpaired) electrons. The maximum absolute atomic E-state index is 5.51. The van der Waals surface area contributed by atoms with E-state index in [0.717, 1.165) is 30.5 Å². The highest BCUT2D eigenvalue weighted by molar-refractivity contribution is 5.44. The van der Waals surface area contributed by atoms with Crippen LogP contribution in [0.5, 0.6) is 0 Å². The van der Waals surface area contributed by atoms with Crippen LogP contribution in [-0.2, 0) is 0 Å². The molecule has 0 bridgehead atoms. The fourth-order valence-electron chi connectivity index (χ4n) is 2.53. The zero-order valence-corrected chi connectivity index (χ0v) is 10.7. The SMILES string of the molecule is NNc1cc(C2CC2)nc(N2CCCCCC2)n1. The van der Waals surface area contributed by atoms with Gasteiger partial charge in [-0.25, -0.2) is 10.8 Å². The van der Waals surface area contributed by atoms with Gasteiger partial charge >= 0.3 is 0 Å². The van der Waals surface area contributed by atoms with Crippen molar-refractivity contribution in [2.75, 3.05) is 23.4 Å². The van der Waals surface area contributed by atoms with Crippen LogP contribution in [0, 0.1) is 0 Å². The summed E-state index contributed by atoms with van der Waals surface area (Å²) in [4.78, 5) is 11.5. The zero-order chi connectivity index (χ0) is 12.4. The molecule has 5 heteroatoms. The summed E-state index contributed by atoms with van der Waals surface area (Å²) in [6, 6.07) is 1.99. The third kappa shape index (κ3) is 2.56. The number of nitrogens with zero attached hydrogens (tertiary/aromatic N) is 3. The van der Waals surface area contributed by atoms with Crippen LogP contribution in [0.15, 0.2) is 6.07 Å². The highest BCUT2D eigenvalue weighted by atomic mass is 15.3. The van der Waals surface area contributed by atoms with E-state index in [2.05, 4.69) is 15.3 Å². The lowest BCUT2D eigenvalue weighted by Crippen LogP contribution is -2.27. The number of aromatic nitrogens is 2. The summed E-state index contributed by atoms with van der Waals surface area (Å²) in [7, 11) is 0. The Morgan fingerprint density at radius 1 is 1.11 bits per heavy atom. The summed E-state index contributed by atoms with van der Waals surface area (Å²) in [5.41, 5.74) is 3.82. The molecule has 3 N–H and O–H groups in total. The number of nitrogens with two attached hydrogens (primary N) is 1. The van der Waals surface area contributed by atoms with Gasteiger partial charge in [0.05, 0.1) is 5.69 Å². The summed E-state index contributed by atoms with van der Waals surface area (Å²) in [6.45, 7) is 2.14. The quantitative estimate of drug-likeness (QED) is 0.632. The Bertz CT molecular complexity index is 408. The van der Waals surface area contributed by atoms with Gasteiger partial charge in [-0.05, 0) is 25.7 Å². The predicted octanol–water partition coefficient (Wildman–Crippen LogP) is 2.02. The maximum Gasteiger partial charge on any atom is 0.227 e. The van der Waals surface area contributed by atoms with Crippen molar-refractivity contribution < 1.29 is 0 Å². The fourth-order valence-corrected chi connectivity index (χ4v) is 2.53. The molecule has 2 fully saturated rings. The number of nitrogens with one attached hydrogen (secondary N) is 1. The summed E-state index contributed by atoms with van der Waals surface area (Å²) < 4.78 is 0. The van der Waals surface area contributed by atoms with Crippen LogP contribution in [0.3, 0.4) is 0 Å². The number of rotatable bonds is 3. The predicted molar refractivity (Wildman–Crippen MR) is 72.5 cm³/mol. The topological polar surface area (TPSA) is 67.1 Å². The molecule has 1 aromatic rings. The molecule has 0 spiro atoms. The standard InChI is InChI=1S/C13H21N5/c14-17-12-9-11(10-5-6-10)15-13(16-12)18-7-3-1-2-4-8-18/h9-10H,1-8,14H2,(H,15,16,17). The molecule has 1 aliphatic heterocycles. The van der Waals surface area contributed by atoms with Crippen molar-refractivity contribution in [2.45, 2.75) is 44.4 Å². The minimum Gasteiger partial charge on any atom is -0.341 e. The fraction of sp³-hybridized carbons (Fsp3) is 0.692. The van der Waals surface area contributed by atoms with Gasteiger partial charge in [-0.3, -0.25) is 0 Å². The van der Waals surface area contributed by atoms with Crippen molar-refractivity contribution in [3.05, 3.63) is 11.8 Å². The van der Waals surface area contributed by atoms with Gasteiger partial charge in [0, 0.05) is 25.1 Å². The normalized spacial score (nSPS) is 20.6. The minimum absolute atomic E-state index is 0.630. The average molecular weight is 247 g/mol. The van der Waals surface area contributed by atoms with Crippen LogP contribution >= 0.6 is 0 Å². The molecule has 0 atom stereocenters. The number of hydrogen-bond acceptors (Lipinski definition) is 5. The monoisotopic (exact) mass is 247 g/mol. The molecular weight excluding hydrogens is 226 g/mol. The molecule has 18 heavy (non-hydrogen) atoms. The maximum atomic E-state index is 5.51. The highest BCUT2D eigenvalue weighted by Crippen LogP contribution is 2.40. The second-order valence-electron chi connectivity index (χ2n) is 5.30. The second kappa shape index (κ2) is 5.10. The molecule has 3 rings (SSSR count). The van der Waals surface area contributed by atoms with Gasteiger partial charge in [-0.2, -0.15) is 4.98 Å². The van der Waals surface area contributed by atoms with Crippen molar-refractivity contribution in [3.8, 4) is 0 Å². The van der Waals surface area contributed by atoms with Gasteiger partial charge in [0.1, 0.15) is 5.82 Å². The molecule has 5 nitrogen and oxygen atoms in total. The van der Waals surface area contributed by atoms with Crippen molar-refractivity contribution in [2.24, 2.45) is 5.84 Å². The summed E-state index contributed by atoms with van der Waals surface area (Å²) in [5.74, 6) is 7.74. The van der Waals surface area contributed by atoms with Gasteiger partial charge in [0.2, 0.25) is 5.95 Å². The van der Waals surface area contributed by atoms with Crippen LogP contribution in [0.4, 0.5) is 11.8 Å². The molecule has 0 aromatic carbocycles. The lowest BCUT2D eigenvalue weighted by atomic mass is 10.2. The molecule has 2 heterocycles. The summed E-state index contributed by atoms with van der Waals surface area (Å²) in [6.07, 6.45) is 7.62. The molecule has 1 aromatic heterocycles. The Kier molecular flexibility index (Phi) is 3.32. The summed E-state index contributed by atoms with van der Waals surface area (Å²) >= 11 is 0. The first-order valence-corrected chi connectivity index (χ1v) is 6.97. The van der Waals surface area contributed by atoms with E-state index in [1.807, 2.05) is 6.07 Å². The Balaban J connectivity index is 1.86. The molecule has 1 aliphatic carbocycles. The first kappa shape index (κ1) is 11.7. The first-order valence-electron chi connectivity index (χ1n) is 6.97. The van der Waals surface area contributed by atoms with E-state index in [0.29, 0.717) is 5.92 Å². The van der Waals surface area contributed by atoms with Crippen molar-refractivity contribution >= 4 is 11.8 Å². The van der Waals surface area contributed by atoms with Crippen LogP contribution < -0.4 is 16.2 Å². The Morgan fingerprint density at radius 2 is 1.83 bits per heavy atom. The van der Waals surface area contributed by atoms with Gasteiger partial charge in [-0.15, -0.1) is 0 Å².